The molecule has 8 heteroatoms. The van der Waals surface area contributed by atoms with E-state index < -0.39 is 11.9 Å². The van der Waals surface area contributed by atoms with Crippen molar-refractivity contribution in [3.05, 3.63) is 83.9 Å². The molecule has 9 N–H and O–H groups in total. The van der Waals surface area contributed by atoms with Gasteiger partial charge in [0.1, 0.15) is 12.1 Å². The molecule has 8 nitrogen and oxygen atoms in total. The Morgan fingerprint density at radius 1 is 0.737 bits per heavy atom. The Morgan fingerprint density at radius 3 is 1.39 bits per heavy atom. The van der Waals surface area contributed by atoms with Crippen molar-refractivity contribution in [3.63, 3.8) is 0 Å². The van der Waals surface area contributed by atoms with Crippen molar-refractivity contribution in [1.29, 1.82) is 0 Å². The number of quaternary nitrogens is 2. The molecule has 1 aliphatic rings. The first-order valence-electron chi connectivity index (χ1n) is 12.5. The summed E-state index contributed by atoms with van der Waals surface area (Å²) in [5.74, 6) is -2.72. The highest BCUT2D eigenvalue weighted by atomic mass is 16.4. The topological polar surface area (TPSA) is 187 Å². The molecule has 5 rings (SSSR count). The number of carboxylic acids is 2. The molecular formula is C30H36N2O6. The van der Waals surface area contributed by atoms with Gasteiger partial charge in [0, 0.05) is 30.6 Å². The van der Waals surface area contributed by atoms with Crippen molar-refractivity contribution >= 4 is 33.5 Å². The van der Waals surface area contributed by atoms with Crippen molar-refractivity contribution < 1.29 is 41.9 Å². The summed E-state index contributed by atoms with van der Waals surface area (Å²) in [6.45, 7) is 1.93. The number of carbonyl (C=O) groups is 2. The van der Waals surface area contributed by atoms with Crippen molar-refractivity contribution in [2.75, 3.05) is 6.61 Å². The number of carbonyl (C=O) groups excluding carboxylic acids is 2. The van der Waals surface area contributed by atoms with Crippen LogP contribution in [0.25, 0.3) is 32.7 Å². The molecule has 1 fully saturated rings. The lowest BCUT2D eigenvalue weighted by Crippen LogP contribution is -2.80. The first-order chi connectivity index (χ1) is 17.8. The molecule has 4 aromatic carbocycles. The van der Waals surface area contributed by atoms with Crippen molar-refractivity contribution in [1.82, 2.24) is 0 Å². The lowest BCUT2D eigenvalue weighted by atomic mass is 9.87. The van der Waals surface area contributed by atoms with E-state index in [0.29, 0.717) is 34.0 Å². The highest BCUT2D eigenvalue weighted by Gasteiger charge is 2.23. The summed E-state index contributed by atoms with van der Waals surface area (Å²) in [5.41, 5.74) is 8.59. The molecular weight excluding hydrogens is 484 g/mol. The molecule has 0 aromatic heterocycles. The lowest BCUT2D eigenvalue weighted by Gasteiger charge is -2.20. The second-order valence-electron chi connectivity index (χ2n) is 9.11. The number of hydrogen-bond donors (Lipinski definition) is 3. The number of aromatic carboxylic acids is 2. The first kappa shape index (κ1) is 30.4. The monoisotopic (exact) mass is 520 g/mol. The molecule has 0 radical (unpaired) electrons. The maximum atomic E-state index is 11.8. The second kappa shape index (κ2) is 14.2. The molecule has 0 amide bonds. The van der Waals surface area contributed by atoms with Gasteiger partial charge in [0.25, 0.3) is 0 Å². The van der Waals surface area contributed by atoms with Crippen LogP contribution < -0.4 is 21.7 Å². The molecule has 38 heavy (non-hydrogen) atoms. The lowest BCUT2D eigenvalue weighted by molar-refractivity contribution is -0.534. The zero-order chi connectivity index (χ0) is 26.9. The third kappa shape index (κ3) is 6.93. The summed E-state index contributed by atoms with van der Waals surface area (Å²) in [4.78, 5) is 23.6. The van der Waals surface area contributed by atoms with Crippen LogP contribution >= 0.6 is 0 Å². The zero-order valence-electron chi connectivity index (χ0n) is 21.6. The zero-order valence-corrected chi connectivity index (χ0v) is 21.6. The van der Waals surface area contributed by atoms with E-state index in [2.05, 4.69) is 11.5 Å². The largest absolute Gasteiger partial charge is 0.545 e. The van der Waals surface area contributed by atoms with Gasteiger partial charge in [-0.25, -0.2) is 0 Å². The fourth-order valence-corrected chi connectivity index (χ4v) is 4.71. The normalized spacial score (nSPS) is 16.3. The predicted octanol–water partition coefficient (Wildman–Crippen LogP) is 0.342. The fraction of sp³-hybridized carbons (Fsp3) is 0.267. The highest BCUT2D eigenvalue weighted by Crippen LogP contribution is 2.38. The van der Waals surface area contributed by atoms with Crippen molar-refractivity contribution in [2.24, 2.45) is 0 Å². The van der Waals surface area contributed by atoms with Gasteiger partial charge in [-0.1, -0.05) is 72.8 Å². The molecule has 0 bridgehead atoms. The van der Waals surface area contributed by atoms with Gasteiger partial charge in [0.15, 0.2) is 0 Å². The number of carboxylic acid groups (broad SMARTS) is 2. The van der Waals surface area contributed by atoms with Gasteiger partial charge in [0.05, 0.1) is 11.9 Å². The minimum absolute atomic E-state index is 0. The average molecular weight is 521 g/mol. The Morgan fingerprint density at radius 2 is 1.08 bits per heavy atom. The minimum Gasteiger partial charge on any atom is -0.545 e. The average Bonchev–Trinajstić information content (AvgIpc) is 2.90. The SMILES string of the molecule is CCO.O.O=C([O-])c1ccc2ccccc2c1-c1c(C(=O)[O-])ccc2ccccc12.[NH3+][C@H]1CCCC[C@@H]1[NH3+]. The van der Waals surface area contributed by atoms with Crippen LogP contribution in [0.1, 0.15) is 53.3 Å². The number of benzene rings is 4. The van der Waals surface area contributed by atoms with E-state index in [-0.39, 0.29) is 23.2 Å². The summed E-state index contributed by atoms with van der Waals surface area (Å²) in [6.07, 6.45) is 5.35. The van der Waals surface area contributed by atoms with Gasteiger partial charge in [-0.15, -0.1) is 0 Å². The standard InChI is InChI=1S/C22H14O4.C6H14N2.C2H6O.H2O/c23-21(24)17-11-9-13-5-1-3-7-15(13)19(17)20-16-8-4-2-6-14(16)10-12-18(20)22(25)26;7-5-3-1-2-4-6(5)8;1-2-3;/h1-12H,(H,23,24)(H,25,26);5-6H,1-4,7-8H2;3H,2H2,1H3;1H2/t;5-,6-;;/m.0../s1. The van der Waals surface area contributed by atoms with Crippen LogP contribution in [0.5, 0.6) is 0 Å². The number of rotatable bonds is 3. The smallest absolute Gasteiger partial charge is 0.137 e. The molecule has 0 spiro atoms. The summed E-state index contributed by atoms with van der Waals surface area (Å²) in [5, 5.41) is 34.0. The summed E-state index contributed by atoms with van der Waals surface area (Å²) in [7, 11) is 0. The van der Waals surface area contributed by atoms with E-state index in [1.54, 1.807) is 43.3 Å². The molecule has 0 unspecified atom stereocenters. The van der Waals surface area contributed by atoms with E-state index in [0.717, 1.165) is 10.8 Å². The quantitative estimate of drug-likeness (QED) is 0.351. The van der Waals surface area contributed by atoms with Crippen LogP contribution in [0.4, 0.5) is 0 Å². The Kier molecular flexibility index (Phi) is 11.4. The number of hydrogen-bond acceptors (Lipinski definition) is 5. The Balaban J connectivity index is 0.000000356. The predicted molar refractivity (Wildman–Crippen MR) is 144 cm³/mol. The van der Waals surface area contributed by atoms with Crippen LogP contribution in [0.2, 0.25) is 0 Å². The van der Waals surface area contributed by atoms with E-state index in [1.165, 1.54) is 37.8 Å². The van der Waals surface area contributed by atoms with E-state index in [4.69, 9.17) is 5.11 Å². The second-order valence-corrected chi connectivity index (χ2v) is 9.11. The summed E-state index contributed by atoms with van der Waals surface area (Å²) < 4.78 is 0. The molecule has 4 aromatic rings. The van der Waals surface area contributed by atoms with Crippen LogP contribution in [-0.4, -0.2) is 41.2 Å². The molecule has 202 valence electrons. The van der Waals surface area contributed by atoms with E-state index >= 15 is 0 Å². The highest BCUT2D eigenvalue weighted by molar-refractivity contribution is 6.16. The van der Waals surface area contributed by atoms with Gasteiger partial charge in [0.2, 0.25) is 0 Å². The van der Waals surface area contributed by atoms with Crippen LogP contribution in [0.3, 0.4) is 0 Å². The minimum atomic E-state index is -1.36. The molecule has 0 saturated heterocycles. The van der Waals surface area contributed by atoms with Crippen LogP contribution in [-0.2, 0) is 0 Å². The van der Waals surface area contributed by atoms with Crippen LogP contribution in [0, 0.1) is 0 Å². The number of aliphatic hydroxyl groups is 1. The van der Waals surface area contributed by atoms with Gasteiger partial charge in [-0.05, 0) is 52.4 Å². The molecule has 1 aliphatic carbocycles. The molecule has 1 saturated carbocycles. The third-order valence-electron chi connectivity index (χ3n) is 6.61. The molecule has 2 atom stereocenters. The summed E-state index contributed by atoms with van der Waals surface area (Å²) in [6, 6.07) is 22.1. The van der Waals surface area contributed by atoms with Gasteiger partial charge >= 0.3 is 0 Å². The van der Waals surface area contributed by atoms with Crippen molar-refractivity contribution in [2.45, 2.75) is 44.7 Å². The Hall–Kier alpha value is -3.82. The third-order valence-corrected chi connectivity index (χ3v) is 6.61. The maximum absolute atomic E-state index is 11.8. The molecule has 0 aliphatic heterocycles. The van der Waals surface area contributed by atoms with Crippen molar-refractivity contribution in [3.8, 4) is 11.1 Å². The van der Waals surface area contributed by atoms with Gasteiger partial charge < -0.3 is 41.9 Å². The van der Waals surface area contributed by atoms with Crippen LogP contribution in [0.15, 0.2) is 72.8 Å². The Labute approximate surface area is 221 Å². The Bertz CT molecular complexity index is 1280. The first-order valence-corrected chi connectivity index (χ1v) is 12.5. The number of aliphatic hydroxyl groups excluding tert-OH is 1. The maximum Gasteiger partial charge on any atom is 0.137 e. The van der Waals surface area contributed by atoms with Gasteiger partial charge in [-0.2, -0.15) is 0 Å². The fourth-order valence-electron chi connectivity index (χ4n) is 4.71. The molecule has 0 heterocycles. The summed E-state index contributed by atoms with van der Waals surface area (Å²) >= 11 is 0. The van der Waals surface area contributed by atoms with Gasteiger partial charge in [-0.3, -0.25) is 0 Å². The number of fused-ring (bicyclic) bond motifs is 2. The van der Waals surface area contributed by atoms with E-state index in [9.17, 15) is 19.8 Å². The van der Waals surface area contributed by atoms with E-state index in [1.807, 2.05) is 24.3 Å².